The summed E-state index contributed by atoms with van der Waals surface area (Å²) in [6.07, 6.45) is 5.14. The van der Waals surface area contributed by atoms with Crippen molar-refractivity contribution in [3.63, 3.8) is 0 Å². The molecule has 26 heavy (non-hydrogen) atoms. The standard InChI is InChI=1S/C18H19F2N3O2S/c19-14-8-15(20)10-17(9-14)26(24,25)23-7-4-18(13-23)3-6-22(12-18)16-2-1-5-21-11-16/h1-2,5,8-11H,3-4,6-7,12-13H2. The molecule has 0 radical (unpaired) electrons. The zero-order valence-electron chi connectivity index (χ0n) is 14.1. The molecule has 1 spiro atoms. The molecule has 8 heteroatoms. The number of halogens is 2. The van der Waals surface area contributed by atoms with E-state index in [0.717, 1.165) is 43.8 Å². The van der Waals surface area contributed by atoms with Crippen molar-refractivity contribution in [2.24, 2.45) is 5.41 Å². The Kier molecular flexibility index (Phi) is 4.19. The summed E-state index contributed by atoms with van der Waals surface area (Å²) in [4.78, 5) is 6.02. The highest BCUT2D eigenvalue weighted by Gasteiger charge is 2.47. The molecule has 0 saturated carbocycles. The topological polar surface area (TPSA) is 53.5 Å². The summed E-state index contributed by atoms with van der Waals surface area (Å²) < 4.78 is 53.8. The first-order chi connectivity index (χ1) is 12.4. The second kappa shape index (κ2) is 6.28. The van der Waals surface area contributed by atoms with Crippen LogP contribution in [0.5, 0.6) is 0 Å². The average Bonchev–Trinajstić information content (AvgIpc) is 3.23. The first-order valence-electron chi connectivity index (χ1n) is 8.49. The van der Waals surface area contributed by atoms with Gasteiger partial charge in [-0.3, -0.25) is 4.98 Å². The molecule has 0 bridgehead atoms. The summed E-state index contributed by atoms with van der Waals surface area (Å²) in [5.74, 6) is -1.78. The largest absolute Gasteiger partial charge is 0.370 e. The van der Waals surface area contributed by atoms with Gasteiger partial charge in [-0.05, 0) is 37.1 Å². The Morgan fingerprint density at radius 1 is 1.04 bits per heavy atom. The Balaban J connectivity index is 1.53. The molecule has 1 atom stereocenters. The van der Waals surface area contributed by atoms with Crippen LogP contribution in [0, 0.1) is 17.0 Å². The molecule has 2 aliphatic rings. The van der Waals surface area contributed by atoms with Gasteiger partial charge in [-0.25, -0.2) is 17.2 Å². The lowest BCUT2D eigenvalue weighted by atomic mass is 9.86. The second-order valence-electron chi connectivity index (χ2n) is 7.08. The molecular formula is C18H19F2N3O2S. The maximum atomic E-state index is 13.4. The molecule has 1 aromatic heterocycles. The molecule has 2 fully saturated rings. The van der Waals surface area contributed by atoms with E-state index in [-0.39, 0.29) is 10.3 Å². The van der Waals surface area contributed by atoms with Crippen LogP contribution < -0.4 is 4.90 Å². The Bertz CT molecular complexity index is 903. The van der Waals surface area contributed by atoms with Gasteiger partial charge in [0.2, 0.25) is 10.0 Å². The van der Waals surface area contributed by atoms with Crippen molar-refractivity contribution >= 4 is 15.7 Å². The number of benzene rings is 1. The zero-order chi connectivity index (χ0) is 18.4. The SMILES string of the molecule is O=S(=O)(c1cc(F)cc(F)c1)N1CCC2(CCN(c3cccnc3)C2)C1. The summed E-state index contributed by atoms with van der Waals surface area (Å²) >= 11 is 0. The maximum Gasteiger partial charge on any atom is 0.243 e. The Morgan fingerprint density at radius 2 is 1.77 bits per heavy atom. The van der Waals surface area contributed by atoms with Crippen LogP contribution in [0.15, 0.2) is 47.6 Å². The van der Waals surface area contributed by atoms with Gasteiger partial charge < -0.3 is 4.90 Å². The summed E-state index contributed by atoms with van der Waals surface area (Å²) in [5, 5.41) is 0. The molecule has 1 unspecified atom stereocenters. The van der Waals surface area contributed by atoms with Crippen molar-refractivity contribution < 1.29 is 17.2 Å². The van der Waals surface area contributed by atoms with Crippen LogP contribution in [-0.2, 0) is 10.0 Å². The molecule has 2 aliphatic heterocycles. The number of aromatic nitrogens is 1. The van der Waals surface area contributed by atoms with Gasteiger partial charge in [-0.2, -0.15) is 4.31 Å². The molecule has 0 N–H and O–H groups in total. The van der Waals surface area contributed by atoms with E-state index in [0.29, 0.717) is 19.2 Å². The van der Waals surface area contributed by atoms with E-state index >= 15 is 0 Å². The van der Waals surface area contributed by atoms with Crippen molar-refractivity contribution in [2.75, 3.05) is 31.1 Å². The molecule has 5 nitrogen and oxygen atoms in total. The minimum Gasteiger partial charge on any atom is -0.370 e. The number of hydrogen-bond acceptors (Lipinski definition) is 4. The highest BCUT2D eigenvalue weighted by molar-refractivity contribution is 7.89. The highest BCUT2D eigenvalue weighted by Crippen LogP contribution is 2.42. The smallest absolute Gasteiger partial charge is 0.243 e. The first-order valence-corrected chi connectivity index (χ1v) is 9.93. The molecular weight excluding hydrogens is 360 g/mol. The number of sulfonamides is 1. The molecule has 0 amide bonds. The molecule has 2 saturated heterocycles. The lowest BCUT2D eigenvalue weighted by Gasteiger charge is -2.25. The van der Waals surface area contributed by atoms with Gasteiger partial charge >= 0.3 is 0 Å². The Hall–Kier alpha value is -2.06. The number of nitrogens with zero attached hydrogens (tertiary/aromatic N) is 3. The van der Waals surface area contributed by atoms with E-state index in [9.17, 15) is 17.2 Å². The van der Waals surface area contributed by atoms with Gasteiger partial charge in [0, 0.05) is 43.9 Å². The third-order valence-electron chi connectivity index (χ3n) is 5.33. The van der Waals surface area contributed by atoms with E-state index in [1.54, 1.807) is 12.4 Å². The summed E-state index contributed by atoms with van der Waals surface area (Å²) in [7, 11) is -3.91. The maximum absolute atomic E-state index is 13.4. The Labute approximate surface area is 151 Å². The summed E-state index contributed by atoms with van der Waals surface area (Å²) in [5.41, 5.74) is 0.896. The van der Waals surface area contributed by atoms with E-state index in [2.05, 4.69) is 9.88 Å². The van der Waals surface area contributed by atoms with Crippen molar-refractivity contribution in [1.29, 1.82) is 0 Å². The molecule has 3 heterocycles. The number of hydrogen-bond donors (Lipinski definition) is 0. The molecule has 4 rings (SSSR count). The first kappa shape index (κ1) is 17.4. The van der Waals surface area contributed by atoms with Crippen molar-refractivity contribution in [1.82, 2.24) is 9.29 Å². The van der Waals surface area contributed by atoms with E-state index in [1.165, 1.54) is 4.31 Å². The molecule has 1 aromatic carbocycles. The molecule has 2 aromatic rings. The summed E-state index contributed by atoms with van der Waals surface area (Å²) in [6, 6.07) is 6.29. The van der Waals surface area contributed by atoms with Crippen LogP contribution >= 0.6 is 0 Å². The third-order valence-corrected chi connectivity index (χ3v) is 7.15. The van der Waals surface area contributed by atoms with Gasteiger partial charge in [0.15, 0.2) is 0 Å². The van der Waals surface area contributed by atoms with Crippen molar-refractivity contribution in [3.8, 4) is 0 Å². The van der Waals surface area contributed by atoms with Gasteiger partial charge in [0.05, 0.1) is 16.8 Å². The number of pyridine rings is 1. The van der Waals surface area contributed by atoms with E-state index in [4.69, 9.17) is 0 Å². The Morgan fingerprint density at radius 3 is 2.46 bits per heavy atom. The van der Waals surface area contributed by atoms with E-state index in [1.807, 2.05) is 12.1 Å². The fourth-order valence-electron chi connectivity index (χ4n) is 3.96. The van der Waals surface area contributed by atoms with E-state index < -0.39 is 21.7 Å². The third kappa shape index (κ3) is 3.07. The molecule has 0 aliphatic carbocycles. The van der Waals surface area contributed by atoms with Crippen LogP contribution in [0.2, 0.25) is 0 Å². The second-order valence-corrected chi connectivity index (χ2v) is 9.01. The fraction of sp³-hybridized carbons (Fsp3) is 0.389. The predicted molar refractivity (Wildman–Crippen MR) is 93.2 cm³/mol. The van der Waals surface area contributed by atoms with Gasteiger partial charge in [-0.15, -0.1) is 0 Å². The van der Waals surface area contributed by atoms with Gasteiger partial charge in [0.25, 0.3) is 0 Å². The predicted octanol–water partition coefficient (Wildman–Crippen LogP) is 2.65. The van der Waals surface area contributed by atoms with Crippen LogP contribution in [0.25, 0.3) is 0 Å². The minimum absolute atomic E-state index is 0.130. The van der Waals surface area contributed by atoms with Crippen molar-refractivity contribution in [2.45, 2.75) is 17.7 Å². The molecule has 138 valence electrons. The lowest BCUT2D eigenvalue weighted by molar-refractivity contribution is 0.341. The van der Waals surface area contributed by atoms with Gasteiger partial charge in [-0.1, -0.05) is 0 Å². The number of anilines is 1. The number of rotatable bonds is 3. The quantitative estimate of drug-likeness (QED) is 0.823. The normalized spacial score (nSPS) is 23.8. The van der Waals surface area contributed by atoms with Crippen LogP contribution in [0.3, 0.4) is 0 Å². The van der Waals surface area contributed by atoms with Crippen LogP contribution in [-0.4, -0.2) is 43.9 Å². The van der Waals surface area contributed by atoms with Gasteiger partial charge in [0.1, 0.15) is 11.6 Å². The van der Waals surface area contributed by atoms with Crippen molar-refractivity contribution in [3.05, 3.63) is 54.4 Å². The lowest BCUT2D eigenvalue weighted by Crippen LogP contribution is -2.34. The highest BCUT2D eigenvalue weighted by atomic mass is 32.2. The zero-order valence-corrected chi connectivity index (χ0v) is 14.9. The van der Waals surface area contributed by atoms with Crippen LogP contribution in [0.4, 0.5) is 14.5 Å². The summed E-state index contributed by atoms with van der Waals surface area (Å²) in [6.45, 7) is 2.32. The fourth-order valence-corrected chi connectivity index (χ4v) is 5.55. The monoisotopic (exact) mass is 379 g/mol. The average molecular weight is 379 g/mol. The van der Waals surface area contributed by atoms with Crippen LogP contribution in [0.1, 0.15) is 12.8 Å². The minimum atomic E-state index is -3.91.